The van der Waals surface area contributed by atoms with Crippen LogP contribution in [0.25, 0.3) is 11.3 Å². The number of aryl methyl sites for hydroxylation is 1. The molecule has 0 spiro atoms. The monoisotopic (exact) mass is 325 g/mol. The van der Waals surface area contributed by atoms with E-state index in [1.54, 1.807) is 13.0 Å². The first-order valence-corrected chi connectivity index (χ1v) is 7.70. The zero-order valence-corrected chi connectivity index (χ0v) is 13.5. The summed E-state index contributed by atoms with van der Waals surface area (Å²) in [4.78, 5) is 16.3. The highest BCUT2D eigenvalue weighted by molar-refractivity contribution is 5.93. The zero-order chi connectivity index (χ0) is 17.1. The molecule has 3 rings (SSSR count). The van der Waals surface area contributed by atoms with Crippen LogP contribution >= 0.6 is 0 Å². The number of hydrogen-bond donors (Lipinski definition) is 4. The van der Waals surface area contributed by atoms with Gasteiger partial charge in [-0.1, -0.05) is 31.2 Å². The average molecular weight is 325 g/mol. The lowest BCUT2D eigenvalue weighted by atomic mass is 10.1. The van der Waals surface area contributed by atoms with Gasteiger partial charge in [-0.05, 0) is 25.0 Å². The Morgan fingerprint density at radius 2 is 2.00 bits per heavy atom. The van der Waals surface area contributed by atoms with E-state index in [2.05, 4.69) is 49.8 Å². The third-order valence-electron chi connectivity index (χ3n) is 3.76. The summed E-state index contributed by atoms with van der Waals surface area (Å²) in [7, 11) is 0. The number of nitrogen functional groups attached to an aromatic ring is 1. The van der Waals surface area contributed by atoms with E-state index < -0.39 is 0 Å². The van der Waals surface area contributed by atoms with E-state index in [1.165, 1.54) is 5.56 Å². The Morgan fingerprint density at radius 3 is 2.62 bits per heavy atom. The molecule has 8 nitrogen and oxygen atoms in total. The lowest BCUT2D eigenvalue weighted by molar-refractivity contribution is 0.0933. The van der Waals surface area contributed by atoms with Gasteiger partial charge in [-0.25, -0.2) is 0 Å². The van der Waals surface area contributed by atoms with Gasteiger partial charge in [0.2, 0.25) is 5.95 Å². The van der Waals surface area contributed by atoms with Crippen molar-refractivity contribution in [2.45, 2.75) is 26.3 Å². The van der Waals surface area contributed by atoms with Gasteiger partial charge in [-0.3, -0.25) is 15.0 Å². The highest BCUT2D eigenvalue weighted by Gasteiger charge is 2.16. The number of nitrogens with zero attached hydrogens (tertiary/aromatic N) is 3. The molecule has 124 valence electrons. The van der Waals surface area contributed by atoms with Gasteiger partial charge in [0.15, 0.2) is 0 Å². The summed E-state index contributed by atoms with van der Waals surface area (Å²) in [6, 6.07) is 9.48. The van der Waals surface area contributed by atoms with Crippen molar-refractivity contribution in [1.82, 2.24) is 30.7 Å². The quantitative estimate of drug-likeness (QED) is 0.569. The van der Waals surface area contributed by atoms with E-state index in [1.807, 2.05) is 12.1 Å². The molecule has 0 saturated heterocycles. The zero-order valence-electron chi connectivity index (χ0n) is 13.5. The molecule has 2 heterocycles. The Kier molecular flexibility index (Phi) is 4.28. The first-order chi connectivity index (χ1) is 11.6. The van der Waals surface area contributed by atoms with Crippen molar-refractivity contribution in [3.8, 4) is 11.3 Å². The molecule has 8 heteroatoms. The number of aromatic amines is 2. The Bertz CT molecular complexity index is 834. The molecular formula is C16H19N7O. The van der Waals surface area contributed by atoms with Crippen LogP contribution in [-0.2, 0) is 6.42 Å². The number of rotatable bonds is 5. The number of nitrogens with two attached hydrogens (primary N) is 1. The van der Waals surface area contributed by atoms with Gasteiger partial charge in [0.1, 0.15) is 11.5 Å². The Hall–Kier alpha value is -3.16. The number of amides is 1. The fourth-order valence-corrected chi connectivity index (χ4v) is 2.32. The molecule has 0 aliphatic rings. The number of carbonyl (C=O) groups excluding carboxylic acids is 1. The van der Waals surface area contributed by atoms with Crippen molar-refractivity contribution in [3.63, 3.8) is 0 Å². The minimum absolute atomic E-state index is 0.144. The van der Waals surface area contributed by atoms with Crippen LogP contribution in [0.2, 0.25) is 0 Å². The van der Waals surface area contributed by atoms with Crippen LogP contribution in [0.3, 0.4) is 0 Å². The second-order valence-electron chi connectivity index (χ2n) is 5.49. The maximum absolute atomic E-state index is 12.3. The highest BCUT2D eigenvalue weighted by atomic mass is 16.2. The molecule has 2 aromatic heterocycles. The van der Waals surface area contributed by atoms with Crippen molar-refractivity contribution in [1.29, 1.82) is 0 Å². The van der Waals surface area contributed by atoms with Crippen LogP contribution in [0, 0.1) is 0 Å². The second-order valence-corrected chi connectivity index (χ2v) is 5.49. The predicted molar refractivity (Wildman–Crippen MR) is 90.1 cm³/mol. The summed E-state index contributed by atoms with van der Waals surface area (Å²) >= 11 is 0. The number of aromatic nitrogens is 5. The summed E-state index contributed by atoms with van der Waals surface area (Å²) in [6.07, 6.45) is 0.985. The van der Waals surface area contributed by atoms with Gasteiger partial charge in [0, 0.05) is 5.56 Å². The highest BCUT2D eigenvalue weighted by Crippen LogP contribution is 2.19. The van der Waals surface area contributed by atoms with Gasteiger partial charge in [0.05, 0.1) is 11.7 Å². The average Bonchev–Trinajstić information content (AvgIpc) is 3.24. The lowest BCUT2D eigenvalue weighted by Crippen LogP contribution is -2.27. The number of carbonyl (C=O) groups is 1. The molecule has 0 aliphatic carbocycles. The standard InChI is InChI=1S/C16H19N7O/c1-3-10-4-6-11(7-5-10)12-8-13(21-20-12)15(24)18-9(2)14-19-16(17)23-22-14/h4-9H,3H2,1-2H3,(H,18,24)(H,20,21)(H3,17,19,22,23). The maximum atomic E-state index is 12.3. The van der Waals surface area contributed by atoms with Gasteiger partial charge < -0.3 is 11.1 Å². The van der Waals surface area contributed by atoms with Crippen molar-refractivity contribution >= 4 is 11.9 Å². The maximum Gasteiger partial charge on any atom is 0.269 e. The number of hydrogen-bond acceptors (Lipinski definition) is 5. The molecule has 0 aliphatic heterocycles. The van der Waals surface area contributed by atoms with E-state index in [-0.39, 0.29) is 17.9 Å². The number of nitrogens with one attached hydrogen (secondary N) is 3. The van der Waals surface area contributed by atoms with Crippen molar-refractivity contribution in [2.75, 3.05) is 5.73 Å². The van der Waals surface area contributed by atoms with Crippen molar-refractivity contribution in [3.05, 3.63) is 47.4 Å². The topological polar surface area (TPSA) is 125 Å². The van der Waals surface area contributed by atoms with Crippen LogP contribution in [0.15, 0.2) is 30.3 Å². The Labute approximate surface area is 138 Å². The molecule has 0 fully saturated rings. The Morgan fingerprint density at radius 1 is 1.25 bits per heavy atom. The molecule has 0 bridgehead atoms. The van der Waals surface area contributed by atoms with Crippen molar-refractivity contribution in [2.24, 2.45) is 0 Å². The third kappa shape index (κ3) is 3.27. The summed E-state index contributed by atoms with van der Waals surface area (Å²) in [6.45, 7) is 3.90. The third-order valence-corrected chi connectivity index (χ3v) is 3.76. The summed E-state index contributed by atoms with van der Waals surface area (Å²) in [5.74, 6) is 0.364. The van der Waals surface area contributed by atoms with Gasteiger partial charge in [0.25, 0.3) is 5.91 Å². The van der Waals surface area contributed by atoms with E-state index in [4.69, 9.17) is 5.73 Å². The SMILES string of the molecule is CCc1ccc(-c2cc(C(=O)NC(C)c3nc(N)n[nH]3)[nH]n2)cc1. The fraction of sp³-hybridized carbons (Fsp3) is 0.250. The molecule has 24 heavy (non-hydrogen) atoms. The van der Waals surface area contributed by atoms with E-state index >= 15 is 0 Å². The molecule has 5 N–H and O–H groups in total. The summed E-state index contributed by atoms with van der Waals surface area (Å²) < 4.78 is 0. The number of anilines is 1. The fourth-order valence-electron chi connectivity index (χ4n) is 2.32. The van der Waals surface area contributed by atoms with Crippen LogP contribution in [0.1, 0.15) is 41.8 Å². The molecular weight excluding hydrogens is 306 g/mol. The predicted octanol–water partition coefficient (Wildman–Crippen LogP) is 1.83. The van der Waals surface area contributed by atoms with Crippen LogP contribution in [0.4, 0.5) is 5.95 Å². The summed E-state index contributed by atoms with van der Waals surface area (Å²) in [5.41, 5.74) is 8.78. The number of H-pyrrole nitrogens is 2. The molecule has 3 aromatic rings. The summed E-state index contributed by atoms with van der Waals surface area (Å²) in [5, 5.41) is 16.2. The second kappa shape index (κ2) is 6.53. The molecule has 1 aromatic carbocycles. The molecule has 1 unspecified atom stereocenters. The molecule has 0 radical (unpaired) electrons. The number of benzene rings is 1. The van der Waals surface area contributed by atoms with Gasteiger partial charge in [-0.2, -0.15) is 10.1 Å². The smallest absolute Gasteiger partial charge is 0.269 e. The van der Waals surface area contributed by atoms with E-state index in [0.717, 1.165) is 17.7 Å². The minimum Gasteiger partial charge on any atom is -0.367 e. The molecule has 0 saturated carbocycles. The minimum atomic E-state index is -0.349. The van der Waals surface area contributed by atoms with Gasteiger partial charge in [-0.15, -0.1) is 5.10 Å². The normalized spacial score (nSPS) is 12.1. The van der Waals surface area contributed by atoms with Crippen LogP contribution in [-0.4, -0.2) is 31.3 Å². The van der Waals surface area contributed by atoms with Gasteiger partial charge >= 0.3 is 0 Å². The molecule has 1 atom stereocenters. The first kappa shape index (κ1) is 15.7. The van der Waals surface area contributed by atoms with E-state index in [0.29, 0.717) is 11.5 Å². The molecule has 1 amide bonds. The van der Waals surface area contributed by atoms with Crippen LogP contribution < -0.4 is 11.1 Å². The Balaban J connectivity index is 1.71. The van der Waals surface area contributed by atoms with Crippen LogP contribution in [0.5, 0.6) is 0 Å². The van der Waals surface area contributed by atoms with Crippen molar-refractivity contribution < 1.29 is 4.79 Å². The lowest BCUT2D eigenvalue weighted by Gasteiger charge is -2.09. The van der Waals surface area contributed by atoms with E-state index in [9.17, 15) is 4.79 Å². The largest absolute Gasteiger partial charge is 0.367 e. The first-order valence-electron chi connectivity index (χ1n) is 7.70.